The molecule has 0 spiro atoms. The summed E-state index contributed by atoms with van der Waals surface area (Å²) >= 11 is 0.476. The average Bonchev–Trinajstić information content (AvgIpc) is 1.69. The minimum atomic E-state index is 0.476. The molecule has 0 heterocycles. The second-order valence-electron chi connectivity index (χ2n) is 1.55. The molecule has 0 aliphatic heterocycles. The summed E-state index contributed by atoms with van der Waals surface area (Å²) < 4.78 is 0. The quantitative estimate of drug-likeness (QED) is 0.463. The molecule has 7 heavy (non-hydrogen) atoms. The van der Waals surface area contributed by atoms with Crippen molar-refractivity contribution in [3.8, 4) is 0 Å². The molecule has 0 radical (unpaired) electrons. The van der Waals surface area contributed by atoms with Gasteiger partial charge in [-0.2, -0.15) is 0 Å². The topological polar surface area (TPSA) is 0 Å². The summed E-state index contributed by atoms with van der Waals surface area (Å²) in [6, 6.07) is 0. The van der Waals surface area contributed by atoms with E-state index in [9.17, 15) is 0 Å². The van der Waals surface area contributed by atoms with E-state index in [1.165, 1.54) is 17.7 Å². The first kappa shape index (κ1) is 7.69. The Morgan fingerprint density at radius 3 is 2.43 bits per heavy atom. The summed E-state index contributed by atoms with van der Waals surface area (Å²) in [7, 11) is 0. The maximum atomic E-state index is 2.30. The van der Waals surface area contributed by atoms with Crippen molar-refractivity contribution in [2.75, 3.05) is 0 Å². The third-order valence-electron chi connectivity index (χ3n) is 0.846. The fraction of sp³-hybridized carbons (Fsp3) is 1.00. The normalized spacial score (nSPS) is 9.43. The van der Waals surface area contributed by atoms with Crippen molar-refractivity contribution in [1.82, 2.24) is 0 Å². The van der Waals surface area contributed by atoms with Gasteiger partial charge in [-0.3, -0.25) is 0 Å². The molecule has 0 fully saturated rings. The predicted octanol–water partition coefficient (Wildman–Crippen LogP) is 2.73. The van der Waals surface area contributed by atoms with Crippen LogP contribution < -0.4 is 0 Å². The van der Waals surface area contributed by atoms with Gasteiger partial charge in [-0.15, -0.1) is 0 Å². The summed E-state index contributed by atoms with van der Waals surface area (Å²) in [5, 5.41) is 0. The van der Waals surface area contributed by atoms with Crippen molar-refractivity contribution in [3.63, 3.8) is 0 Å². The van der Waals surface area contributed by atoms with Gasteiger partial charge in [0.1, 0.15) is 0 Å². The summed E-state index contributed by atoms with van der Waals surface area (Å²) in [6.07, 6.45) is 2.88. The SMILES string of the molecule is CCC[CH2][Mo][CH2]C. The standard InChI is InChI=1S/C4H9.C2H5.Mo/c1-3-4-2;1-2;/h1,3-4H2,2H3;1H2,2H3;. The molecule has 44 valence electrons. The van der Waals surface area contributed by atoms with E-state index in [4.69, 9.17) is 0 Å². The van der Waals surface area contributed by atoms with Crippen LogP contribution in [-0.4, -0.2) is 0 Å². The van der Waals surface area contributed by atoms with Crippen molar-refractivity contribution in [3.05, 3.63) is 0 Å². The Bertz CT molecular complexity index is 23.4. The first-order valence-electron chi connectivity index (χ1n) is 2.99. The van der Waals surface area contributed by atoms with E-state index in [0.29, 0.717) is 18.6 Å². The van der Waals surface area contributed by atoms with Gasteiger partial charge < -0.3 is 0 Å². The van der Waals surface area contributed by atoms with Crippen LogP contribution in [0.25, 0.3) is 0 Å². The molecule has 0 saturated carbocycles. The monoisotopic (exact) mass is 184 g/mol. The van der Waals surface area contributed by atoms with E-state index in [-0.39, 0.29) is 0 Å². The first-order valence-corrected chi connectivity index (χ1v) is 5.83. The van der Waals surface area contributed by atoms with Crippen LogP contribution in [0.3, 0.4) is 0 Å². The molecule has 0 atom stereocenters. The Morgan fingerprint density at radius 1 is 1.29 bits per heavy atom. The van der Waals surface area contributed by atoms with E-state index in [2.05, 4.69) is 13.8 Å². The van der Waals surface area contributed by atoms with Gasteiger partial charge in [0.2, 0.25) is 0 Å². The van der Waals surface area contributed by atoms with Crippen molar-refractivity contribution in [2.45, 2.75) is 36.3 Å². The van der Waals surface area contributed by atoms with Crippen molar-refractivity contribution >= 4 is 0 Å². The van der Waals surface area contributed by atoms with Gasteiger partial charge in [0, 0.05) is 0 Å². The van der Waals surface area contributed by atoms with E-state index in [1.807, 2.05) is 0 Å². The Kier molecular flexibility index (Phi) is 7.35. The Hall–Kier alpha value is 0.688. The molecule has 0 aromatic rings. The fourth-order valence-electron chi connectivity index (χ4n) is 0.391. The summed E-state index contributed by atoms with van der Waals surface area (Å²) in [5.74, 6) is 0. The molecule has 0 bridgehead atoms. The summed E-state index contributed by atoms with van der Waals surface area (Å²) in [6.45, 7) is 4.57. The van der Waals surface area contributed by atoms with Crippen LogP contribution >= 0.6 is 0 Å². The summed E-state index contributed by atoms with van der Waals surface area (Å²) in [5.41, 5.74) is 0. The van der Waals surface area contributed by atoms with Crippen LogP contribution in [0.1, 0.15) is 26.7 Å². The predicted molar refractivity (Wildman–Crippen MR) is 30.2 cm³/mol. The molecule has 1 heteroatoms. The zero-order valence-electron chi connectivity index (χ0n) is 5.24. The van der Waals surface area contributed by atoms with Crippen LogP contribution in [0.4, 0.5) is 0 Å². The molecule has 0 rings (SSSR count). The molecule has 0 N–H and O–H groups in total. The first-order chi connectivity index (χ1) is 3.41. The van der Waals surface area contributed by atoms with Crippen LogP contribution in [-0.2, 0) is 18.6 Å². The van der Waals surface area contributed by atoms with Gasteiger partial charge in [0.25, 0.3) is 0 Å². The van der Waals surface area contributed by atoms with Gasteiger partial charge in [0.15, 0.2) is 0 Å². The van der Waals surface area contributed by atoms with E-state index in [0.717, 1.165) is 0 Å². The molecule has 0 aromatic carbocycles. The molecule has 0 amide bonds. The zero-order valence-corrected chi connectivity index (χ0v) is 7.24. The second kappa shape index (κ2) is 6.69. The Labute approximate surface area is 55.2 Å². The molecule has 0 aliphatic rings. The number of hydrogen-bond acceptors (Lipinski definition) is 0. The van der Waals surface area contributed by atoms with Crippen LogP contribution in [0.5, 0.6) is 0 Å². The number of hydrogen-bond donors (Lipinski definition) is 0. The van der Waals surface area contributed by atoms with Gasteiger partial charge in [-0.05, 0) is 0 Å². The van der Waals surface area contributed by atoms with Crippen LogP contribution in [0, 0.1) is 0 Å². The van der Waals surface area contributed by atoms with Gasteiger partial charge in [-0.25, -0.2) is 0 Å². The molecule has 0 unspecified atom stereocenters. The van der Waals surface area contributed by atoms with E-state index < -0.39 is 0 Å². The van der Waals surface area contributed by atoms with Gasteiger partial charge in [-0.1, -0.05) is 0 Å². The molecular formula is C6H14Mo. The molecular weight excluding hydrogens is 168 g/mol. The number of rotatable bonds is 4. The van der Waals surface area contributed by atoms with Crippen molar-refractivity contribution < 1.29 is 18.6 Å². The maximum absolute atomic E-state index is 2.30. The molecule has 0 aliphatic carbocycles. The van der Waals surface area contributed by atoms with Crippen molar-refractivity contribution in [1.29, 1.82) is 0 Å². The third kappa shape index (κ3) is 6.69. The fourth-order valence-corrected chi connectivity index (χ4v) is 2.31. The zero-order chi connectivity index (χ0) is 5.54. The van der Waals surface area contributed by atoms with Crippen LogP contribution in [0.2, 0.25) is 9.62 Å². The number of unbranched alkanes of at least 4 members (excludes halogenated alkanes) is 1. The van der Waals surface area contributed by atoms with Crippen molar-refractivity contribution in [2.24, 2.45) is 0 Å². The second-order valence-corrected chi connectivity index (χ2v) is 4.98. The van der Waals surface area contributed by atoms with Gasteiger partial charge >= 0.3 is 54.9 Å². The third-order valence-corrected chi connectivity index (χ3v) is 3.27. The molecule has 0 saturated heterocycles. The Balaban J connectivity index is 2.45. The van der Waals surface area contributed by atoms with E-state index >= 15 is 0 Å². The molecule has 0 nitrogen and oxygen atoms in total. The minimum absolute atomic E-state index is 0.476. The van der Waals surface area contributed by atoms with Gasteiger partial charge in [0.05, 0.1) is 0 Å². The van der Waals surface area contributed by atoms with E-state index in [1.54, 1.807) is 4.81 Å². The van der Waals surface area contributed by atoms with Crippen LogP contribution in [0.15, 0.2) is 0 Å². The molecule has 0 aromatic heterocycles. The Morgan fingerprint density at radius 2 is 2.00 bits per heavy atom. The average molecular weight is 182 g/mol. The summed E-state index contributed by atoms with van der Waals surface area (Å²) in [4.78, 5) is 3.06.